The Morgan fingerprint density at radius 1 is 1.78 bits per heavy atom. The average molecular weight is 138 g/mol. The summed E-state index contributed by atoms with van der Waals surface area (Å²) in [6.45, 7) is 0. The Balaban J connectivity index is 2.72. The number of hydrogen-bond donors (Lipinski definition) is 0. The third kappa shape index (κ3) is 1.85. The average Bonchev–Trinajstić information content (AvgIpc) is 1.91. The molecule has 0 saturated heterocycles. The second-order valence-corrected chi connectivity index (χ2v) is 2.23. The third-order valence-electron chi connectivity index (χ3n) is 0.779. The number of nitrogens with zero attached hydrogens (tertiary/aromatic N) is 1. The molecule has 0 aliphatic carbocycles. The van der Waals surface area contributed by atoms with Crippen molar-refractivity contribution < 1.29 is 4.79 Å². The van der Waals surface area contributed by atoms with Crippen LogP contribution in [-0.2, 0) is 4.79 Å². The highest BCUT2D eigenvalue weighted by Gasteiger charge is 1.86. The van der Waals surface area contributed by atoms with E-state index in [2.05, 4.69) is 11.2 Å². The summed E-state index contributed by atoms with van der Waals surface area (Å²) in [6, 6.07) is 3.43. The predicted octanol–water partition coefficient (Wildman–Crippen LogP) is 1.16. The first kappa shape index (κ1) is 6.29. The van der Waals surface area contributed by atoms with Crippen LogP contribution in [0, 0.1) is 6.20 Å². The molecule has 0 saturated carbocycles. The number of thioether (sulfide) groups is 1. The van der Waals surface area contributed by atoms with Crippen LogP contribution in [0.5, 0.6) is 0 Å². The monoisotopic (exact) mass is 138 g/mol. The summed E-state index contributed by atoms with van der Waals surface area (Å²) in [6.07, 6.45) is 4.22. The molecule has 0 fully saturated rings. The molecule has 0 aromatic carbocycles. The normalized spacial score (nSPS) is 8.89. The van der Waals surface area contributed by atoms with Gasteiger partial charge in [-0.15, -0.1) is 0 Å². The minimum atomic E-state index is 0.781. The lowest BCUT2D eigenvalue weighted by Crippen LogP contribution is -1.71. The molecular weight excluding hydrogens is 134 g/mol. The van der Waals surface area contributed by atoms with Gasteiger partial charge in [-0.2, -0.15) is 0 Å². The molecule has 2 nitrogen and oxygen atoms in total. The summed E-state index contributed by atoms with van der Waals surface area (Å²) in [4.78, 5) is 14.5. The van der Waals surface area contributed by atoms with E-state index in [-0.39, 0.29) is 0 Å². The van der Waals surface area contributed by atoms with Crippen molar-refractivity contribution in [3.63, 3.8) is 0 Å². The predicted molar refractivity (Wildman–Crippen MR) is 35.7 cm³/mol. The molecule has 0 spiro atoms. The zero-order valence-corrected chi connectivity index (χ0v) is 5.39. The molecule has 1 rings (SSSR count). The highest BCUT2D eigenvalue weighted by atomic mass is 32.2. The van der Waals surface area contributed by atoms with Crippen molar-refractivity contribution in [2.24, 2.45) is 0 Å². The van der Waals surface area contributed by atoms with Gasteiger partial charge in [-0.3, -0.25) is 9.78 Å². The number of rotatable bonds is 2. The maximum atomic E-state index is 9.90. The molecule has 0 N–H and O–H groups in total. The fourth-order valence-electron chi connectivity index (χ4n) is 0.432. The number of carbonyl (C=O) groups excluding carboxylic acids is 1. The summed E-state index contributed by atoms with van der Waals surface area (Å²) in [7, 11) is 0. The van der Waals surface area contributed by atoms with Crippen LogP contribution in [0.2, 0.25) is 0 Å². The van der Waals surface area contributed by atoms with Crippen LogP contribution in [0.3, 0.4) is 0 Å². The maximum Gasteiger partial charge on any atom is 0.180 e. The molecule has 0 atom stereocenters. The van der Waals surface area contributed by atoms with Crippen LogP contribution in [-0.4, -0.2) is 10.6 Å². The molecule has 9 heavy (non-hydrogen) atoms. The highest BCUT2D eigenvalue weighted by molar-refractivity contribution is 8.11. The topological polar surface area (TPSA) is 30.0 Å². The van der Waals surface area contributed by atoms with E-state index in [0.717, 1.165) is 22.3 Å². The number of pyridine rings is 1. The van der Waals surface area contributed by atoms with E-state index >= 15 is 0 Å². The summed E-state index contributed by atoms with van der Waals surface area (Å²) >= 11 is 1.12. The largest absolute Gasteiger partial charge is 0.291 e. The van der Waals surface area contributed by atoms with Gasteiger partial charge in [0, 0.05) is 11.1 Å². The first-order valence-corrected chi connectivity index (χ1v) is 3.24. The Bertz CT molecular complexity index is 188. The molecule has 1 aromatic rings. The first-order chi connectivity index (χ1) is 4.43. The molecule has 0 amide bonds. The molecule has 0 aliphatic rings. The summed E-state index contributed by atoms with van der Waals surface area (Å²) in [5.41, 5.74) is 0.781. The van der Waals surface area contributed by atoms with E-state index in [1.54, 1.807) is 18.3 Å². The van der Waals surface area contributed by atoms with Gasteiger partial charge in [-0.05, 0) is 12.1 Å². The van der Waals surface area contributed by atoms with Gasteiger partial charge in [0.15, 0.2) is 5.62 Å². The number of aromatic nitrogens is 1. The minimum Gasteiger partial charge on any atom is -0.291 e. The van der Waals surface area contributed by atoms with Crippen LogP contribution in [0.1, 0.15) is 0 Å². The van der Waals surface area contributed by atoms with Gasteiger partial charge < -0.3 is 0 Å². The maximum absolute atomic E-state index is 9.90. The van der Waals surface area contributed by atoms with Crippen LogP contribution >= 0.6 is 11.8 Å². The Hall–Kier alpha value is -0.830. The van der Waals surface area contributed by atoms with Gasteiger partial charge >= 0.3 is 0 Å². The highest BCUT2D eigenvalue weighted by Crippen LogP contribution is 2.11. The van der Waals surface area contributed by atoms with Crippen molar-refractivity contribution in [2.45, 2.75) is 4.90 Å². The zero-order valence-electron chi connectivity index (χ0n) is 4.57. The lowest BCUT2D eigenvalue weighted by atomic mass is 10.5. The van der Waals surface area contributed by atoms with Crippen LogP contribution < -0.4 is 0 Å². The smallest absolute Gasteiger partial charge is 0.180 e. The molecule has 0 bridgehead atoms. The van der Waals surface area contributed by atoms with E-state index in [9.17, 15) is 4.79 Å². The van der Waals surface area contributed by atoms with E-state index in [1.807, 2.05) is 0 Å². The molecule has 0 aliphatic heterocycles. The van der Waals surface area contributed by atoms with Gasteiger partial charge in [0.1, 0.15) is 0 Å². The van der Waals surface area contributed by atoms with E-state index in [0.29, 0.717) is 0 Å². The van der Waals surface area contributed by atoms with E-state index in [1.165, 1.54) is 0 Å². The molecular formula is C6H4NOS. The molecule has 3 heteroatoms. The molecule has 0 unspecified atom stereocenters. The van der Waals surface area contributed by atoms with Crippen molar-refractivity contribution in [3.05, 3.63) is 24.5 Å². The van der Waals surface area contributed by atoms with Gasteiger partial charge in [0.05, 0.1) is 6.20 Å². The van der Waals surface area contributed by atoms with Gasteiger partial charge in [-0.25, -0.2) is 0 Å². The van der Waals surface area contributed by atoms with Crippen molar-refractivity contribution in [1.29, 1.82) is 0 Å². The standard InChI is InChI=1S/C6H4NOS/c8-5-9-6-1-3-7-4-2-6/h1-3,5H. The minimum absolute atomic E-state index is 0.781. The summed E-state index contributed by atoms with van der Waals surface area (Å²) in [5.74, 6) is 0. The second-order valence-electron chi connectivity index (χ2n) is 1.33. The van der Waals surface area contributed by atoms with Gasteiger partial charge in [-0.1, -0.05) is 11.8 Å². The van der Waals surface area contributed by atoms with Gasteiger partial charge in [0.2, 0.25) is 0 Å². The van der Waals surface area contributed by atoms with Crippen molar-refractivity contribution in [1.82, 2.24) is 4.98 Å². The first-order valence-electron chi connectivity index (χ1n) is 2.36. The number of carbonyl (C=O) groups is 1. The summed E-state index contributed by atoms with van der Waals surface area (Å²) < 4.78 is 0. The van der Waals surface area contributed by atoms with Crippen LogP contribution in [0.25, 0.3) is 0 Å². The fraction of sp³-hybridized carbons (Fsp3) is 0. The third-order valence-corrected chi connectivity index (χ3v) is 1.40. The second kappa shape index (κ2) is 3.25. The van der Waals surface area contributed by atoms with Crippen LogP contribution in [0.4, 0.5) is 0 Å². The SMILES string of the molecule is O=CSc1c[c]ncc1. The fourth-order valence-corrected chi connectivity index (χ4v) is 0.803. The van der Waals surface area contributed by atoms with E-state index in [4.69, 9.17) is 0 Å². The van der Waals surface area contributed by atoms with Crippen molar-refractivity contribution >= 4 is 17.4 Å². The van der Waals surface area contributed by atoms with Gasteiger partial charge in [0.25, 0.3) is 0 Å². The lowest BCUT2D eigenvalue weighted by Gasteiger charge is -1.87. The van der Waals surface area contributed by atoms with Crippen LogP contribution in [0.15, 0.2) is 23.2 Å². The summed E-state index contributed by atoms with van der Waals surface area (Å²) in [5, 5.41) is 0. The Morgan fingerprint density at radius 3 is 3.22 bits per heavy atom. The zero-order chi connectivity index (χ0) is 6.53. The molecule has 1 aromatic heterocycles. The Labute approximate surface area is 57.3 Å². The Kier molecular flexibility index (Phi) is 2.27. The van der Waals surface area contributed by atoms with Crippen molar-refractivity contribution in [2.75, 3.05) is 0 Å². The quantitative estimate of drug-likeness (QED) is 0.454. The lowest BCUT2D eigenvalue weighted by molar-refractivity contribution is 0.570. The Morgan fingerprint density at radius 2 is 2.67 bits per heavy atom. The van der Waals surface area contributed by atoms with Crippen molar-refractivity contribution in [3.8, 4) is 0 Å². The van der Waals surface area contributed by atoms with E-state index < -0.39 is 0 Å². The molecule has 45 valence electrons. The number of hydrogen-bond acceptors (Lipinski definition) is 3. The molecule has 1 heterocycles. The molecule has 1 radical (unpaired) electrons.